The molecule has 0 aliphatic heterocycles. The zero-order chi connectivity index (χ0) is 15.4. The van der Waals surface area contributed by atoms with Crippen LogP contribution in [0.25, 0.3) is 0 Å². The zero-order valence-corrected chi connectivity index (χ0v) is 12.5. The highest BCUT2D eigenvalue weighted by Crippen LogP contribution is 2.26. The van der Waals surface area contributed by atoms with Gasteiger partial charge in [0.05, 0.1) is 18.7 Å². The number of benzene rings is 2. The number of anilines is 1. The van der Waals surface area contributed by atoms with E-state index in [0.717, 1.165) is 5.56 Å². The number of carbonyl (C=O) groups is 1. The van der Waals surface area contributed by atoms with Gasteiger partial charge in [0.15, 0.2) is 0 Å². The van der Waals surface area contributed by atoms with Crippen molar-refractivity contribution in [3.63, 3.8) is 0 Å². The molecule has 21 heavy (non-hydrogen) atoms. The fourth-order valence-electron chi connectivity index (χ4n) is 2.21. The molecule has 0 radical (unpaired) electrons. The monoisotopic (exact) mass is 284 g/mol. The molecule has 0 aliphatic rings. The van der Waals surface area contributed by atoms with Crippen LogP contribution >= 0.6 is 0 Å². The van der Waals surface area contributed by atoms with Crippen molar-refractivity contribution in [3.05, 3.63) is 59.7 Å². The largest absolute Gasteiger partial charge is 0.496 e. The minimum absolute atomic E-state index is 0.0372. The van der Waals surface area contributed by atoms with E-state index >= 15 is 0 Å². The predicted octanol–water partition coefficient (Wildman–Crippen LogP) is 3.11. The Bertz CT molecular complexity index is 626. The Balaban J connectivity index is 2.29. The molecule has 0 bridgehead atoms. The number of nitrogens with two attached hydrogens (primary N) is 1. The molecule has 1 unspecified atom stereocenters. The summed E-state index contributed by atoms with van der Waals surface area (Å²) in [5.41, 5.74) is 7.88. The van der Waals surface area contributed by atoms with Gasteiger partial charge in [-0.05, 0) is 30.7 Å². The fraction of sp³-hybridized carbons (Fsp3) is 0.235. The molecule has 0 fully saturated rings. The van der Waals surface area contributed by atoms with Crippen molar-refractivity contribution in [2.75, 3.05) is 19.9 Å². The molecule has 0 saturated carbocycles. The van der Waals surface area contributed by atoms with E-state index < -0.39 is 0 Å². The average Bonchev–Trinajstić information content (AvgIpc) is 2.53. The van der Waals surface area contributed by atoms with Gasteiger partial charge in [-0.15, -0.1) is 0 Å². The van der Waals surface area contributed by atoms with E-state index in [-0.39, 0.29) is 11.9 Å². The normalized spacial score (nSPS) is 11.8. The van der Waals surface area contributed by atoms with Gasteiger partial charge in [0, 0.05) is 12.7 Å². The van der Waals surface area contributed by atoms with E-state index in [1.807, 2.05) is 37.3 Å². The topological polar surface area (TPSA) is 55.6 Å². The van der Waals surface area contributed by atoms with E-state index in [2.05, 4.69) is 0 Å². The average molecular weight is 284 g/mol. The second-order valence-electron chi connectivity index (χ2n) is 4.96. The van der Waals surface area contributed by atoms with Crippen LogP contribution in [0.4, 0.5) is 5.69 Å². The number of carbonyl (C=O) groups excluding carboxylic acids is 1. The van der Waals surface area contributed by atoms with Crippen molar-refractivity contribution in [3.8, 4) is 5.75 Å². The van der Waals surface area contributed by atoms with Gasteiger partial charge in [-0.2, -0.15) is 0 Å². The fourth-order valence-corrected chi connectivity index (χ4v) is 2.21. The highest BCUT2D eigenvalue weighted by Gasteiger charge is 2.21. The van der Waals surface area contributed by atoms with Crippen molar-refractivity contribution in [1.82, 2.24) is 4.90 Å². The van der Waals surface area contributed by atoms with Crippen LogP contribution in [-0.2, 0) is 0 Å². The minimum atomic E-state index is -0.115. The quantitative estimate of drug-likeness (QED) is 0.878. The molecule has 2 aromatic rings. The summed E-state index contributed by atoms with van der Waals surface area (Å²) in [5.74, 6) is 0.414. The Hall–Kier alpha value is -2.49. The van der Waals surface area contributed by atoms with Gasteiger partial charge < -0.3 is 15.4 Å². The van der Waals surface area contributed by atoms with E-state index in [4.69, 9.17) is 10.5 Å². The molecular formula is C17H20N2O2. The van der Waals surface area contributed by atoms with Crippen LogP contribution in [0.5, 0.6) is 5.75 Å². The number of rotatable bonds is 4. The number of methoxy groups -OCH3 is 1. The molecule has 1 amide bonds. The summed E-state index contributed by atoms with van der Waals surface area (Å²) >= 11 is 0. The summed E-state index contributed by atoms with van der Waals surface area (Å²) in [7, 11) is 3.32. The molecule has 1 atom stereocenters. The molecular weight excluding hydrogens is 264 g/mol. The van der Waals surface area contributed by atoms with Crippen molar-refractivity contribution < 1.29 is 9.53 Å². The standard InChI is InChI=1S/C17H20N2O2/c1-12(13-7-5-4-6-8-13)19(2)17(20)15-11-14(18)9-10-16(15)21-3/h4-12H,18H2,1-3H3. The Morgan fingerprint density at radius 3 is 2.48 bits per heavy atom. The lowest BCUT2D eigenvalue weighted by Crippen LogP contribution is -2.30. The van der Waals surface area contributed by atoms with Crippen LogP contribution in [0, 0.1) is 0 Å². The summed E-state index contributed by atoms with van der Waals surface area (Å²) in [4.78, 5) is 14.4. The molecule has 110 valence electrons. The number of ether oxygens (including phenoxy) is 1. The first-order valence-electron chi connectivity index (χ1n) is 6.80. The number of nitrogens with zero attached hydrogens (tertiary/aromatic N) is 1. The van der Waals surface area contributed by atoms with Crippen LogP contribution in [0.1, 0.15) is 28.9 Å². The lowest BCUT2D eigenvalue weighted by Gasteiger charge is -2.26. The van der Waals surface area contributed by atoms with Gasteiger partial charge in [-0.1, -0.05) is 30.3 Å². The highest BCUT2D eigenvalue weighted by atomic mass is 16.5. The van der Waals surface area contributed by atoms with Crippen molar-refractivity contribution in [1.29, 1.82) is 0 Å². The van der Waals surface area contributed by atoms with Gasteiger partial charge in [0.2, 0.25) is 0 Å². The molecule has 4 heteroatoms. The van der Waals surface area contributed by atoms with E-state index in [1.54, 1.807) is 37.3 Å². The third-order valence-electron chi connectivity index (χ3n) is 3.64. The summed E-state index contributed by atoms with van der Waals surface area (Å²) in [6, 6.07) is 14.9. The summed E-state index contributed by atoms with van der Waals surface area (Å²) in [6.45, 7) is 1.99. The molecule has 0 heterocycles. The van der Waals surface area contributed by atoms with Gasteiger partial charge in [-0.3, -0.25) is 4.79 Å². The Morgan fingerprint density at radius 1 is 1.19 bits per heavy atom. The number of hydrogen-bond acceptors (Lipinski definition) is 3. The van der Waals surface area contributed by atoms with E-state index in [1.165, 1.54) is 0 Å². The van der Waals surface area contributed by atoms with Crippen molar-refractivity contribution in [2.24, 2.45) is 0 Å². The number of hydrogen-bond donors (Lipinski definition) is 1. The highest BCUT2D eigenvalue weighted by molar-refractivity contribution is 5.97. The van der Waals surface area contributed by atoms with Crippen molar-refractivity contribution >= 4 is 11.6 Å². The van der Waals surface area contributed by atoms with Crippen LogP contribution in [0.3, 0.4) is 0 Å². The molecule has 0 spiro atoms. The predicted molar refractivity (Wildman–Crippen MR) is 84.4 cm³/mol. The molecule has 4 nitrogen and oxygen atoms in total. The van der Waals surface area contributed by atoms with Gasteiger partial charge >= 0.3 is 0 Å². The second-order valence-corrected chi connectivity index (χ2v) is 4.96. The minimum Gasteiger partial charge on any atom is -0.496 e. The number of nitrogen functional groups attached to an aromatic ring is 1. The Kier molecular flexibility index (Phi) is 4.48. The second kappa shape index (κ2) is 6.31. The first kappa shape index (κ1) is 14.9. The third kappa shape index (κ3) is 3.16. The van der Waals surface area contributed by atoms with Crippen LogP contribution in [-0.4, -0.2) is 25.0 Å². The van der Waals surface area contributed by atoms with Crippen molar-refractivity contribution in [2.45, 2.75) is 13.0 Å². The Morgan fingerprint density at radius 2 is 1.86 bits per heavy atom. The van der Waals surface area contributed by atoms with Crippen LogP contribution < -0.4 is 10.5 Å². The summed E-state index contributed by atoms with van der Waals surface area (Å²) < 4.78 is 5.25. The maximum Gasteiger partial charge on any atom is 0.257 e. The maximum absolute atomic E-state index is 12.7. The van der Waals surface area contributed by atoms with Gasteiger partial charge in [0.1, 0.15) is 5.75 Å². The molecule has 2 aromatic carbocycles. The third-order valence-corrected chi connectivity index (χ3v) is 3.64. The summed E-state index contributed by atoms with van der Waals surface area (Å²) in [5, 5.41) is 0. The van der Waals surface area contributed by atoms with Gasteiger partial charge in [0.25, 0.3) is 5.91 Å². The van der Waals surface area contributed by atoms with E-state index in [9.17, 15) is 4.79 Å². The molecule has 2 rings (SSSR count). The SMILES string of the molecule is COc1ccc(N)cc1C(=O)N(C)C(C)c1ccccc1. The van der Waals surface area contributed by atoms with E-state index in [0.29, 0.717) is 17.0 Å². The number of amides is 1. The lowest BCUT2D eigenvalue weighted by molar-refractivity contribution is 0.0739. The Labute approximate surface area is 125 Å². The first-order chi connectivity index (χ1) is 10.0. The molecule has 2 N–H and O–H groups in total. The zero-order valence-electron chi connectivity index (χ0n) is 12.5. The van der Waals surface area contributed by atoms with Gasteiger partial charge in [-0.25, -0.2) is 0 Å². The van der Waals surface area contributed by atoms with Crippen LogP contribution in [0.15, 0.2) is 48.5 Å². The maximum atomic E-state index is 12.7. The molecule has 0 saturated heterocycles. The lowest BCUT2D eigenvalue weighted by atomic mass is 10.1. The molecule has 0 aliphatic carbocycles. The first-order valence-corrected chi connectivity index (χ1v) is 6.80. The molecule has 0 aromatic heterocycles. The smallest absolute Gasteiger partial charge is 0.257 e. The summed E-state index contributed by atoms with van der Waals surface area (Å²) in [6.07, 6.45) is 0. The van der Waals surface area contributed by atoms with Crippen LogP contribution in [0.2, 0.25) is 0 Å².